The van der Waals surface area contributed by atoms with E-state index in [4.69, 9.17) is 11.5 Å². The minimum Gasteiger partial charge on any atom is -0.396 e. The summed E-state index contributed by atoms with van der Waals surface area (Å²) in [6.45, 7) is 1.39. The molecular weight excluding hydrogens is 398 g/mol. The first kappa shape index (κ1) is 20.5. The van der Waals surface area contributed by atoms with E-state index in [2.05, 4.69) is 15.6 Å². The number of nitrogens with one attached hydrogen (secondary N) is 2. The molecule has 0 saturated carbocycles. The van der Waals surface area contributed by atoms with Crippen LogP contribution in [0.5, 0.6) is 0 Å². The summed E-state index contributed by atoms with van der Waals surface area (Å²) in [5, 5.41) is 5.64. The molecule has 1 atom stereocenters. The van der Waals surface area contributed by atoms with Crippen molar-refractivity contribution in [2.75, 3.05) is 36.9 Å². The van der Waals surface area contributed by atoms with Gasteiger partial charge in [-0.15, -0.1) is 0 Å². The Hall–Kier alpha value is -3.82. The maximum atomic E-state index is 13.2. The summed E-state index contributed by atoms with van der Waals surface area (Å²) in [5.74, 6) is -0.341. The van der Waals surface area contributed by atoms with Crippen LogP contribution in [0.4, 0.5) is 22.0 Å². The minimum absolute atomic E-state index is 0.0889. The third kappa shape index (κ3) is 4.09. The lowest BCUT2D eigenvalue weighted by Crippen LogP contribution is -2.43. The zero-order valence-electron chi connectivity index (χ0n) is 17.2. The number of hydrogen-bond acceptors (Lipinski definition) is 6. The number of nitrogen functional groups attached to an aromatic ring is 2. The summed E-state index contributed by atoms with van der Waals surface area (Å²) >= 11 is 0. The van der Waals surface area contributed by atoms with Gasteiger partial charge in [0.05, 0.1) is 5.69 Å². The van der Waals surface area contributed by atoms with Crippen molar-refractivity contribution in [1.29, 1.82) is 0 Å². The summed E-state index contributed by atoms with van der Waals surface area (Å²) in [6, 6.07) is 8.09. The summed E-state index contributed by atoms with van der Waals surface area (Å²) in [4.78, 5) is 44.7. The SMILES string of the molecule is CN1Cc2cc(C(=O)N3CCC[C@H]3CNC(=O)c3ccc(N)c(N)n3)ccc2NC1=O. The number of fused-ring (bicyclic) bond motifs is 1. The second kappa shape index (κ2) is 8.13. The molecule has 0 radical (unpaired) electrons. The van der Waals surface area contributed by atoms with Crippen molar-refractivity contribution in [3.63, 3.8) is 0 Å². The lowest BCUT2D eigenvalue weighted by Gasteiger charge is -2.28. The molecule has 2 aliphatic heterocycles. The van der Waals surface area contributed by atoms with Crippen LogP contribution in [0, 0.1) is 0 Å². The van der Waals surface area contributed by atoms with Gasteiger partial charge in [0.1, 0.15) is 11.5 Å². The number of aromatic nitrogens is 1. The van der Waals surface area contributed by atoms with Gasteiger partial charge in [0.15, 0.2) is 0 Å². The van der Waals surface area contributed by atoms with Crippen molar-refractivity contribution in [2.24, 2.45) is 0 Å². The van der Waals surface area contributed by atoms with Gasteiger partial charge in [0.2, 0.25) is 0 Å². The van der Waals surface area contributed by atoms with Crippen LogP contribution < -0.4 is 22.1 Å². The van der Waals surface area contributed by atoms with E-state index in [0.717, 1.165) is 24.1 Å². The molecule has 10 heteroatoms. The molecule has 31 heavy (non-hydrogen) atoms. The number of carbonyl (C=O) groups is 3. The van der Waals surface area contributed by atoms with E-state index in [1.165, 1.54) is 6.07 Å². The van der Waals surface area contributed by atoms with Gasteiger partial charge < -0.3 is 31.9 Å². The lowest BCUT2D eigenvalue weighted by molar-refractivity contribution is 0.0724. The molecule has 1 aromatic heterocycles. The largest absolute Gasteiger partial charge is 0.396 e. The normalized spacial score (nSPS) is 17.8. The monoisotopic (exact) mass is 423 g/mol. The Labute approximate surface area is 179 Å². The van der Waals surface area contributed by atoms with Crippen LogP contribution in [0.15, 0.2) is 30.3 Å². The Bertz CT molecular complexity index is 1060. The quantitative estimate of drug-likeness (QED) is 0.582. The predicted octanol–water partition coefficient (Wildman–Crippen LogP) is 1.26. The number of rotatable bonds is 4. The van der Waals surface area contributed by atoms with Crippen molar-refractivity contribution in [2.45, 2.75) is 25.4 Å². The molecule has 1 fully saturated rings. The van der Waals surface area contributed by atoms with Crippen molar-refractivity contribution in [3.8, 4) is 0 Å². The molecule has 4 amide bonds. The first-order valence-corrected chi connectivity index (χ1v) is 10.1. The Morgan fingerprint density at radius 2 is 2.06 bits per heavy atom. The first-order valence-electron chi connectivity index (χ1n) is 10.1. The van der Waals surface area contributed by atoms with Crippen LogP contribution in [-0.4, -0.2) is 58.8 Å². The van der Waals surface area contributed by atoms with Crippen LogP contribution >= 0.6 is 0 Å². The highest BCUT2D eigenvalue weighted by Crippen LogP contribution is 2.26. The second-order valence-electron chi connectivity index (χ2n) is 7.83. The van der Waals surface area contributed by atoms with Gasteiger partial charge in [0, 0.05) is 44.0 Å². The van der Waals surface area contributed by atoms with Crippen LogP contribution in [0.2, 0.25) is 0 Å². The lowest BCUT2D eigenvalue weighted by atomic mass is 10.0. The Balaban J connectivity index is 1.43. The highest BCUT2D eigenvalue weighted by molar-refractivity contribution is 5.98. The Morgan fingerprint density at radius 3 is 2.84 bits per heavy atom. The van der Waals surface area contributed by atoms with Crippen LogP contribution in [-0.2, 0) is 6.54 Å². The molecule has 2 aliphatic rings. The van der Waals surface area contributed by atoms with Gasteiger partial charge >= 0.3 is 6.03 Å². The molecule has 1 aromatic carbocycles. The van der Waals surface area contributed by atoms with Crippen molar-refractivity contribution >= 4 is 35.0 Å². The molecule has 0 bridgehead atoms. The molecule has 1 saturated heterocycles. The fourth-order valence-corrected chi connectivity index (χ4v) is 3.91. The van der Waals surface area contributed by atoms with Crippen molar-refractivity contribution < 1.29 is 14.4 Å². The van der Waals surface area contributed by atoms with E-state index in [1.54, 1.807) is 35.0 Å². The van der Waals surface area contributed by atoms with Gasteiger partial charge in [0.25, 0.3) is 11.8 Å². The molecule has 0 unspecified atom stereocenters. The fraction of sp³-hybridized carbons (Fsp3) is 0.333. The van der Waals surface area contributed by atoms with E-state index >= 15 is 0 Å². The summed E-state index contributed by atoms with van der Waals surface area (Å²) < 4.78 is 0. The molecule has 6 N–H and O–H groups in total. The molecule has 0 aliphatic carbocycles. The van der Waals surface area contributed by atoms with E-state index in [9.17, 15) is 14.4 Å². The number of nitrogens with two attached hydrogens (primary N) is 2. The van der Waals surface area contributed by atoms with Crippen molar-refractivity contribution in [3.05, 3.63) is 47.2 Å². The number of carbonyl (C=O) groups excluding carboxylic acids is 3. The maximum absolute atomic E-state index is 13.2. The number of anilines is 3. The molecule has 0 spiro atoms. The van der Waals surface area contributed by atoms with Crippen molar-refractivity contribution in [1.82, 2.24) is 20.1 Å². The number of amides is 4. The number of hydrogen-bond donors (Lipinski definition) is 4. The number of likely N-dealkylation sites (tertiary alicyclic amines) is 1. The smallest absolute Gasteiger partial charge is 0.321 e. The van der Waals surface area contributed by atoms with Gasteiger partial charge in [-0.05, 0) is 48.7 Å². The molecule has 2 aromatic rings. The fourth-order valence-electron chi connectivity index (χ4n) is 3.91. The van der Waals surface area contributed by atoms with E-state index in [0.29, 0.717) is 30.9 Å². The summed E-state index contributed by atoms with van der Waals surface area (Å²) in [6.07, 6.45) is 1.66. The summed E-state index contributed by atoms with van der Waals surface area (Å²) in [5.41, 5.74) is 14.0. The molecule has 4 rings (SSSR count). The van der Waals surface area contributed by atoms with E-state index in [1.807, 2.05) is 6.07 Å². The first-order chi connectivity index (χ1) is 14.8. The van der Waals surface area contributed by atoms with Gasteiger partial charge in [-0.1, -0.05) is 0 Å². The maximum Gasteiger partial charge on any atom is 0.321 e. The van der Waals surface area contributed by atoms with E-state index in [-0.39, 0.29) is 35.4 Å². The zero-order valence-corrected chi connectivity index (χ0v) is 17.2. The average molecular weight is 423 g/mol. The molecule has 10 nitrogen and oxygen atoms in total. The zero-order chi connectivity index (χ0) is 22.1. The standard InChI is InChI=1S/C21H25N7O3/c1-27-11-13-9-12(4-6-16(13)26-21(27)31)20(30)28-8-2-3-14(28)10-24-19(29)17-7-5-15(22)18(23)25-17/h4-7,9,14H,2-3,8,10-11,22H2,1H3,(H2,23,25)(H,24,29)(H,26,31)/t14-/m0/s1. The number of pyridine rings is 1. The number of benzene rings is 1. The third-order valence-electron chi connectivity index (χ3n) is 5.67. The van der Waals surface area contributed by atoms with Crippen LogP contribution in [0.25, 0.3) is 0 Å². The van der Waals surface area contributed by atoms with E-state index < -0.39 is 0 Å². The molecular formula is C21H25N7O3. The highest BCUT2D eigenvalue weighted by Gasteiger charge is 2.30. The Kier molecular flexibility index (Phi) is 5.37. The minimum atomic E-state index is -0.362. The third-order valence-corrected chi connectivity index (χ3v) is 5.67. The highest BCUT2D eigenvalue weighted by atomic mass is 16.2. The molecule has 162 valence electrons. The summed E-state index contributed by atoms with van der Waals surface area (Å²) in [7, 11) is 1.70. The average Bonchev–Trinajstić information content (AvgIpc) is 3.22. The van der Waals surface area contributed by atoms with Gasteiger partial charge in [-0.25, -0.2) is 9.78 Å². The topological polar surface area (TPSA) is 147 Å². The van der Waals surface area contributed by atoms with Gasteiger partial charge in [-0.2, -0.15) is 0 Å². The number of urea groups is 1. The number of nitrogens with zero attached hydrogens (tertiary/aromatic N) is 3. The second-order valence-corrected chi connectivity index (χ2v) is 7.83. The Morgan fingerprint density at radius 1 is 1.26 bits per heavy atom. The predicted molar refractivity (Wildman–Crippen MR) is 116 cm³/mol. The van der Waals surface area contributed by atoms with Gasteiger partial charge in [-0.3, -0.25) is 9.59 Å². The van der Waals surface area contributed by atoms with Crippen LogP contribution in [0.1, 0.15) is 39.3 Å². The van der Waals surface area contributed by atoms with Crippen LogP contribution in [0.3, 0.4) is 0 Å². The molecule has 3 heterocycles.